The number of aliphatic hydroxyl groups is 1. The second kappa shape index (κ2) is 14.8. The molecule has 2 rings (SSSR count). The predicted octanol–water partition coefficient (Wildman–Crippen LogP) is 2.42. The highest BCUT2D eigenvalue weighted by molar-refractivity contribution is 6.23. The molecule has 0 spiro atoms. The Morgan fingerprint density at radius 3 is 2.68 bits per heavy atom. The van der Waals surface area contributed by atoms with Gasteiger partial charge in [0.15, 0.2) is 6.10 Å². The summed E-state index contributed by atoms with van der Waals surface area (Å²) >= 11 is 0. The number of hydrogen-bond donors (Lipinski definition) is 4. The minimum Gasteiger partial charge on any atom is -0.439 e. The number of fused-ring (bicyclic) bond motifs is 2. The van der Waals surface area contributed by atoms with Crippen molar-refractivity contribution in [1.29, 1.82) is 0 Å². The van der Waals surface area contributed by atoms with Crippen LogP contribution in [0.25, 0.3) is 0 Å². The summed E-state index contributed by atoms with van der Waals surface area (Å²) in [6, 6.07) is 0. The molecular formula is C28H37N3O7. The molecule has 2 aliphatic rings. The molecule has 0 aromatic carbocycles. The lowest BCUT2D eigenvalue weighted by molar-refractivity contribution is -0.120. The van der Waals surface area contributed by atoms with Gasteiger partial charge >= 0.3 is 6.09 Å². The zero-order chi connectivity index (χ0) is 28.2. The average Bonchev–Trinajstić information content (AvgIpc) is 2.87. The van der Waals surface area contributed by atoms with Crippen molar-refractivity contribution in [2.45, 2.75) is 64.3 Å². The standard InChI is InChI=1S/C28H37N3O7/c1-5-15-30-24-20-11-7-6-10-19(32)14-13-17(2)26(38-28(29)36)23(37-4)12-8-9-18(3)27(35)31-21(25(20)34)16-22(24)33/h5,8-9,12-13,16,19,23,26,30,32H,1,6-7,10-11,14-15H2,2-4H3,(H2,29,36)(H,31,35)/b12-8-,17-13+,18-9+/t19?,23-,26?/m0/s1. The first-order valence-corrected chi connectivity index (χ1v) is 12.5. The van der Waals surface area contributed by atoms with Crippen LogP contribution in [-0.4, -0.2) is 60.6 Å². The van der Waals surface area contributed by atoms with Crippen LogP contribution in [0.2, 0.25) is 0 Å². The predicted molar refractivity (Wildman–Crippen MR) is 142 cm³/mol. The van der Waals surface area contributed by atoms with Gasteiger partial charge in [-0.2, -0.15) is 0 Å². The number of nitrogens with one attached hydrogen (secondary N) is 2. The smallest absolute Gasteiger partial charge is 0.405 e. The molecule has 10 heteroatoms. The first-order chi connectivity index (χ1) is 18.1. The molecule has 0 saturated carbocycles. The Morgan fingerprint density at radius 2 is 2.03 bits per heavy atom. The van der Waals surface area contributed by atoms with Gasteiger partial charge in [0, 0.05) is 30.9 Å². The number of primary amides is 1. The maximum absolute atomic E-state index is 13.2. The molecule has 0 aromatic rings. The van der Waals surface area contributed by atoms with Crippen LogP contribution >= 0.6 is 0 Å². The van der Waals surface area contributed by atoms with Gasteiger partial charge in [0.25, 0.3) is 5.91 Å². The Labute approximate surface area is 223 Å². The van der Waals surface area contributed by atoms with Crippen LogP contribution < -0.4 is 16.4 Å². The van der Waals surface area contributed by atoms with Crippen LogP contribution in [0.4, 0.5) is 4.79 Å². The fraction of sp³-hybridized carbons (Fsp3) is 0.429. The van der Waals surface area contributed by atoms with Crippen LogP contribution in [0.5, 0.6) is 0 Å². The van der Waals surface area contributed by atoms with E-state index in [1.807, 2.05) is 0 Å². The Kier molecular flexibility index (Phi) is 11.9. The van der Waals surface area contributed by atoms with Crippen LogP contribution in [0.15, 0.2) is 71.1 Å². The molecule has 1 heterocycles. The van der Waals surface area contributed by atoms with Gasteiger partial charge < -0.3 is 30.9 Å². The third-order valence-electron chi connectivity index (χ3n) is 6.21. The molecule has 0 saturated heterocycles. The van der Waals surface area contributed by atoms with Gasteiger partial charge in [0.05, 0.1) is 17.5 Å². The van der Waals surface area contributed by atoms with E-state index in [0.717, 1.165) is 6.08 Å². The van der Waals surface area contributed by atoms with Gasteiger partial charge in [-0.05, 0) is 45.1 Å². The van der Waals surface area contributed by atoms with Crippen molar-refractivity contribution >= 4 is 23.6 Å². The van der Waals surface area contributed by atoms with Crippen molar-refractivity contribution in [3.8, 4) is 0 Å². The van der Waals surface area contributed by atoms with E-state index in [4.69, 9.17) is 15.2 Å². The molecule has 206 valence electrons. The number of Topliss-reactive ketones (excluding diaryl/α,β-unsaturated/α-hetero) is 1. The Morgan fingerprint density at radius 1 is 1.29 bits per heavy atom. The lowest BCUT2D eigenvalue weighted by Gasteiger charge is -2.24. The van der Waals surface area contributed by atoms with E-state index in [9.17, 15) is 24.3 Å². The van der Waals surface area contributed by atoms with Crippen molar-refractivity contribution < 1.29 is 33.8 Å². The molecule has 0 radical (unpaired) electrons. The van der Waals surface area contributed by atoms with Gasteiger partial charge in [-0.1, -0.05) is 36.8 Å². The van der Waals surface area contributed by atoms with Gasteiger partial charge in [-0.25, -0.2) is 4.79 Å². The lowest BCUT2D eigenvalue weighted by Crippen LogP contribution is -2.35. The summed E-state index contributed by atoms with van der Waals surface area (Å²) in [4.78, 5) is 50.3. The zero-order valence-corrected chi connectivity index (χ0v) is 22.1. The molecule has 3 atom stereocenters. The number of methoxy groups -OCH3 is 1. The van der Waals surface area contributed by atoms with Crippen molar-refractivity contribution in [3.63, 3.8) is 0 Å². The highest BCUT2D eigenvalue weighted by Gasteiger charge is 2.29. The van der Waals surface area contributed by atoms with Crippen molar-refractivity contribution in [2.75, 3.05) is 13.7 Å². The lowest BCUT2D eigenvalue weighted by atomic mass is 9.92. The highest BCUT2D eigenvalue weighted by Crippen LogP contribution is 2.23. The molecule has 2 amide bonds. The monoisotopic (exact) mass is 527 g/mol. The summed E-state index contributed by atoms with van der Waals surface area (Å²) in [6.45, 7) is 7.24. The molecular weight excluding hydrogens is 490 g/mol. The third kappa shape index (κ3) is 8.67. The number of carbonyl (C=O) groups is 4. The Bertz CT molecular complexity index is 1100. The molecule has 2 unspecified atom stereocenters. The van der Waals surface area contributed by atoms with E-state index in [1.54, 1.807) is 38.2 Å². The number of ketones is 2. The van der Waals surface area contributed by atoms with Crippen molar-refractivity contribution in [2.24, 2.45) is 5.73 Å². The molecule has 1 aliphatic heterocycles. The van der Waals surface area contributed by atoms with Gasteiger partial charge in [-0.15, -0.1) is 6.58 Å². The van der Waals surface area contributed by atoms with E-state index >= 15 is 0 Å². The maximum Gasteiger partial charge on any atom is 0.405 e. The summed E-state index contributed by atoms with van der Waals surface area (Å²) in [5.41, 5.74) is 6.55. The number of carbonyl (C=O) groups excluding carboxylic acids is 4. The second-order valence-corrected chi connectivity index (χ2v) is 9.10. The SMILES string of the molecule is C=CCNC1=C2CCCCC(O)C/C=C(\C)C(OC(N)=O)[C@@H](OC)/C=C\C=C(/C)C(=O)NC(=CC1=O)C2=O. The number of allylic oxidation sites excluding steroid dienone is 4. The minimum absolute atomic E-state index is 0.0988. The second-order valence-electron chi connectivity index (χ2n) is 9.10. The quantitative estimate of drug-likeness (QED) is 0.314. The van der Waals surface area contributed by atoms with Crippen molar-refractivity contribution in [1.82, 2.24) is 10.6 Å². The van der Waals surface area contributed by atoms with Crippen LogP contribution in [0.3, 0.4) is 0 Å². The van der Waals surface area contributed by atoms with Crippen LogP contribution in [0.1, 0.15) is 46.0 Å². The fourth-order valence-electron chi connectivity index (χ4n) is 4.08. The molecule has 10 nitrogen and oxygen atoms in total. The van der Waals surface area contributed by atoms with Gasteiger partial charge in [0.2, 0.25) is 11.6 Å². The number of nitrogens with two attached hydrogens (primary N) is 1. The first-order valence-electron chi connectivity index (χ1n) is 12.5. The molecule has 0 fully saturated rings. The molecule has 2 bridgehead atoms. The summed E-state index contributed by atoms with van der Waals surface area (Å²) in [7, 11) is 1.44. The number of aliphatic hydroxyl groups excluding tert-OH is 1. The van der Waals surface area contributed by atoms with E-state index in [1.165, 1.54) is 13.2 Å². The number of hydrogen-bond acceptors (Lipinski definition) is 8. The van der Waals surface area contributed by atoms with E-state index in [2.05, 4.69) is 17.2 Å². The number of rotatable bonds is 5. The van der Waals surface area contributed by atoms with Gasteiger partial charge in [0.1, 0.15) is 6.10 Å². The largest absolute Gasteiger partial charge is 0.439 e. The summed E-state index contributed by atoms with van der Waals surface area (Å²) in [5.74, 6) is -1.40. The fourth-order valence-corrected chi connectivity index (χ4v) is 4.08. The number of ether oxygens (including phenoxy) is 2. The summed E-state index contributed by atoms with van der Waals surface area (Å²) in [5, 5.41) is 16.0. The highest BCUT2D eigenvalue weighted by atomic mass is 16.6. The Balaban J connectivity index is 2.43. The van der Waals surface area contributed by atoms with Crippen LogP contribution in [-0.2, 0) is 23.9 Å². The van der Waals surface area contributed by atoms with E-state index in [0.29, 0.717) is 44.2 Å². The minimum atomic E-state index is -0.974. The average molecular weight is 528 g/mol. The molecule has 1 aliphatic carbocycles. The molecule has 0 aromatic heterocycles. The Hall–Kier alpha value is -3.76. The molecule has 5 N–H and O–H groups in total. The normalized spacial score (nSPS) is 27.7. The summed E-state index contributed by atoms with van der Waals surface area (Å²) < 4.78 is 10.8. The maximum atomic E-state index is 13.2. The number of amides is 2. The zero-order valence-electron chi connectivity index (χ0n) is 22.1. The van der Waals surface area contributed by atoms with E-state index < -0.39 is 41.9 Å². The summed E-state index contributed by atoms with van der Waals surface area (Å²) in [6.07, 6.45) is 8.09. The van der Waals surface area contributed by atoms with Crippen molar-refractivity contribution in [3.05, 3.63) is 71.1 Å². The first kappa shape index (κ1) is 30.5. The van der Waals surface area contributed by atoms with Crippen LogP contribution in [0, 0.1) is 0 Å². The topological polar surface area (TPSA) is 157 Å². The van der Waals surface area contributed by atoms with E-state index in [-0.39, 0.29) is 22.5 Å². The third-order valence-corrected chi connectivity index (χ3v) is 6.21. The molecule has 38 heavy (non-hydrogen) atoms. The van der Waals surface area contributed by atoms with Gasteiger partial charge in [-0.3, -0.25) is 14.4 Å².